The number of nitrogens with one attached hydrogen (secondary N) is 2. The number of sulfonamides is 1. The molecule has 0 aliphatic heterocycles. The van der Waals surface area contributed by atoms with Crippen molar-refractivity contribution < 1.29 is 17.9 Å². The minimum Gasteiger partial charge on any atom is -0.494 e. The van der Waals surface area contributed by atoms with Crippen LogP contribution in [0.4, 0.5) is 5.69 Å². The second kappa shape index (κ2) is 9.98. The molecule has 28 heavy (non-hydrogen) atoms. The third-order valence-electron chi connectivity index (χ3n) is 3.43. The lowest BCUT2D eigenvalue weighted by atomic mass is 10.2. The molecule has 8 heteroatoms. The van der Waals surface area contributed by atoms with Crippen molar-refractivity contribution in [2.75, 3.05) is 18.2 Å². The summed E-state index contributed by atoms with van der Waals surface area (Å²) in [6.45, 7) is 6.73. The van der Waals surface area contributed by atoms with E-state index in [0.29, 0.717) is 18.8 Å². The quantitative estimate of drug-likeness (QED) is 0.519. The number of nitrogens with zero attached hydrogens (tertiary/aromatic N) is 1. The van der Waals surface area contributed by atoms with Gasteiger partial charge in [0.2, 0.25) is 16.0 Å². The Morgan fingerprint density at radius 1 is 1.04 bits per heavy atom. The summed E-state index contributed by atoms with van der Waals surface area (Å²) < 4.78 is 36.8. The van der Waals surface area contributed by atoms with E-state index in [-0.39, 0.29) is 12.1 Å². The Kier molecular flexibility index (Phi) is 7.69. The molecule has 2 aromatic carbocycles. The number of anilines is 1. The largest absolute Gasteiger partial charge is 0.494 e. The number of benzene rings is 2. The van der Waals surface area contributed by atoms with Crippen molar-refractivity contribution in [2.24, 2.45) is 4.99 Å². The van der Waals surface area contributed by atoms with Crippen molar-refractivity contribution in [3.05, 3.63) is 54.1 Å². The first-order valence-electron chi connectivity index (χ1n) is 9.03. The van der Waals surface area contributed by atoms with E-state index in [1.54, 1.807) is 24.3 Å². The number of hydrogen-bond acceptors (Lipinski definition) is 5. The van der Waals surface area contributed by atoms with Gasteiger partial charge in [0.1, 0.15) is 11.5 Å². The summed E-state index contributed by atoms with van der Waals surface area (Å²) in [7, 11) is -3.47. The van der Waals surface area contributed by atoms with Crippen LogP contribution in [0, 0.1) is 0 Å². The molecule has 0 aliphatic rings. The molecule has 0 aromatic heterocycles. The summed E-state index contributed by atoms with van der Waals surface area (Å²) in [5, 5.41) is 2.99. The lowest BCUT2D eigenvalue weighted by Gasteiger charge is -2.12. The van der Waals surface area contributed by atoms with Crippen molar-refractivity contribution >= 4 is 21.7 Å². The number of ether oxygens (including phenoxy) is 2. The maximum absolute atomic E-state index is 11.7. The van der Waals surface area contributed by atoms with Crippen molar-refractivity contribution in [3.8, 4) is 11.5 Å². The standard InChI is InChI=1S/C20H27N3O4S/c1-5-26-18-12-8-17(9-13-18)22-20(23-28(4,24)25)21-14-16-6-10-19(11-7-16)27-15(2)3/h6-13,15H,5,14H2,1-4H3,(H2,21,22,23). The van der Waals surface area contributed by atoms with Gasteiger partial charge in [-0.3, -0.25) is 4.72 Å². The van der Waals surface area contributed by atoms with Gasteiger partial charge in [-0.05, 0) is 62.7 Å². The molecule has 0 bridgehead atoms. The van der Waals surface area contributed by atoms with Crippen LogP contribution in [0.3, 0.4) is 0 Å². The van der Waals surface area contributed by atoms with E-state index in [1.807, 2.05) is 45.0 Å². The Balaban J connectivity index is 2.11. The Hall–Kier alpha value is -2.74. The van der Waals surface area contributed by atoms with Crippen LogP contribution >= 0.6 is 0 Å². The van der Waals surface area contributed by atoms with E-state index in [2.05, 4.69) is 15.0 Å². The molecule has 0 spiro atoms. The van der Waals surface area contributed by atoms with Gasteiger partial charge in [-0.15, -0.1) is 0 Å². The highest BCUT2D eigenvalue weighted by Crippen LogP contribution is 2.16. The van der Waals surface area contributed by atoms with Crippen LogP contribution in [0.15, 0.2) is 53.5 Å². The van der Waals surface area contributed by atoms with Gasteiger partial charge in [-0.2, -0.15) is 0 Å². The zero-order valence-electron chi connectivity index (χ0n) is 16.6. The average Bonchev–Trinajstić information content (AvgIpc) is 2.61. The maximum Gasteiger partial charge on any atom is 0.232 e. The van der Waals surface area contributed by atoms with Gasteiger partial charge >= 0.3 is 0 Å². The molecule has 2 rings (SSSR count). The van der Waals surface area contributed by atoms with Gasteiger partial charge in [-0.25, -0.2) is 13.4 Å². The monoisotopic (exact) mass is 405 g/mol. The average molecular weight is 406 g/mol. The number of aliphatic imine (C=N–C) groups is 1. The second-order valence-corrected chi connectivity index (χ2v) is 8.18. The molecule has 152 valence electrons. The molecule has 0 saturated heterocycles. The topological polar surface area (TPSA) is 89.0 Å². The minimum absolute atomic E-state index is 0.104. The first-order chi connectivity index (χ1) is 13.2. The molecular weight excluding hydrogens is 378 g/mol. The molecule has 2 aromatic rings. The fourth-order valence-corrected chi connectivity index (χ4v) is 2.79. The zero-order chi connectivity index (χ0) is 20.6. The fourth-order valence-electron chi connectivity index (χ4n) is 2.33. The Morgan fingerprint density at radius 3 is 2.18 bits per heavy atom. The van der Waals surface area contributed by atoms with Crippen molar-refractivity contribution in [2.45, 2.75) is 33.4 Å². The van der Waals surface area contributed by atoms with Gasteiger partial charge in [0, 0.05) is 5.69 Å². The molecule has 0 unspecified atom stereocenters. The van der Waals surface area contributed by atoms with Gasteiger partial charge in [0.05, 0.1) is 25.5 Å². The van der Waals surface area contributed by atoms with Crippen molar-refractivity contribution in [1.82, 2.24) is 4.72 Å². The third kappa shape index (κ3) is 7.87. The van der Waals surface area contributed by atoms with Crippen LogP contribution in [0.5, 0.6) is 11.5 Å². The van der Waals surface area contributed by atoms with E-state index in [4.69, 9.17) is 9.47 Å². The van der Waals surface area contributed by atoms with Crippen molar-refractivity contribution in [1.29, 1.82) is 0 Å². The minimum atomic E-state index is -3.47. The molecule has 0 radical (unpaired) electrons. The van der Waals surface area contributed by atoms with Gasteiger partial charge in [0.15, 0.2) is 0 Å². The summed E-state index contributed by atoms with van der Waals surface area (Å²) in [4.78, 5) is 4.37. The first kappa shape index (κ1) is 21.6. The predicted octanol–water partition coefficient (Wildman–Crippen LogP) is 3.39. The fraction of sp³-hybridized carbons (Fsp3) is 0.350. The lowest BCUT2D eigenvalue weighted by molar-refractivity contribution is 0.242. The number of guanidine groups is 1. The van der Waals surface area contributed by atoms with Crippen LogP contribution in [0.1, 0.15) is 26.3 Å². The molecule has 0 amide bonds. The molecule has 0 fully saturated rings. The van der Waals surface area contributed by atoms with E-state index in [9.17, 15) is 8.42 Å². The predicted molar refractivity (Wildman–Crippen MR) is 113 cm³/mol. The maximum atomic E-state index is 11.7. The van der Waals surface area contributed by atoms with Crippen LogP contribution in [0.2, 0.25) is 0 Å². The summed E-state index contributed by atoms with van der Waals surface area (Å²) >= 11 is 0. The highest BCUT2D eigenvalue weighted by molar-refractivity contribution is 7.89. The molecular formula is C20H27N3O4S. The lowest BCUT2D eigenvalue weighted by Crippen LogP contribution is -2.35. The normalized spacial score (nSPS) is 12.0. The summed E-state index contributed by atoms with van der Waals surface area (Å²) in [6, 6.07) is 14.7. The Labute approximate surface area is 166 Å². The molecule has 0 atom stereocenters. The van der Waals surface area contributed by atoms with Crippen LogP contribution in [0.25, 0.3) is 0 Å². The van der Waals surface area contributed by atoms with E-state index in [0.717, 1.165) is 23.3 Å². The zero-order valence-corrected chi connectivity index (χ0v) is 17.4. The molecule has 0 saturated carbocycles. The number of rotatable bonds is 8. The molecule has 0 heterocycles. The molecule has 7 nitrogen and oxygen atoms in total. The van der Waals surface area contributed by atoms with Crippen LogP contribution < -0.4 is 19.5 Å². The smallest absolute Gasteiger partial charge is 0.232 e. The Morgan fingerprint density at radius 2 is 1.64 bits per heavy atom. The van der Waals surface area contributed by atoms with Gasteiger partial charge in [-0.1, -0.05) is 12.1 Å². The first-order valence-corrected chi connectivity index (χ1v) is 10.9. The van der Waals surface area contributed by atoms with Crippen molar-refractivity contribution in [3.63, 3.8) is 0 Å². The molecule has 0 aliphatic carbocycles. The van der Waals surface area contributed by atoms with E-state index < -0.39 is 10.0 Å². The summed E-state index contributed by atoms with van der Waals surface area (Å²) in [6.07, 6.45) is 1.19. The second-order valence-electron chi connectivity index (χ2n) is 6.43. The summed E-state index contributed by atoms with van der Waals surface area (Å²) in [5.74, 6) is 1.67. The van der Waals surface area contributed by atoms with Crippen LogP contribution in [-0.4, -0.2) is 33.3 Å². The highest BCUT2D eigenvalue weighted by atomic mass is 32.2. The third-order valence-corrected chi connectivity index (χ3v) is 3.99. The van der Waals surface area contributed by atoms with E-state index in [1.165, 1.54) is 0 Å². The number of hydrogen-bond donors (Lipinski definition) is 2. The SMILES string of the molecule is CCOc1ccc(NC(=NCc2ccc(OC(C)C)cc2)NS(C)(=O)=O)cc1. The molecule has 2 N–H and O–H groups in total. The van der Waals surface area contributed by atoms with Gasteiger partial charge < -0.3 is 14.8 Å². The highest BCUT2D eigenvalue weighted by Gasteiger charge is 2.08. The van der Waals surface area contributed by atoms with E-state index >= 15 is 0 Å². The summed E-state index contributed by atoms with van der Waals surface area (Å²) in [5.41, 5.74) is 1.62. The van der Waals surface area contributed by atoms with Gasteiger partial charge in [0.25, 0.3) is 0 Å². The van der Waals surface area contributed by atoms with Crippen LogP contribution in [-0.2, 0) is 16.6 Å². The Bertz CT molecular complexity index is 877.